The van der Waals surface area contributed by atoms with E-state index < -0.39 is 23.0 Å². The fourth-order valence-electron chi connectivity index (χ4n) is 2.88. The van der Waals surface area contributed by atoms with Crippen molar-refractivity contribution in [2.75, 3.05) is 0 Å². The van der Waals surface area contributed by atoms with Crippen LogP contribution in [0.2, 0.25) is 0 Å². The number of pyridine rings is 1. The van der Waals surface area contributed by atoms with E-state index in [0.29, 0.717) is 11.1 Å². The number of benzene rings is 2. The maximum absolute atomic E-state index is 13.1. The molecule has 1 heterocycles. The van der Waals surface area contributed by atoms with Gasteiger partial charge in [-0.2, -0.15) is 5.26 Å². The number of halogens is 1. The minimum Gasteiger partial charge on any atom is -0.494 e. The van der Waals surface area contributed by atoms with Crippen LogP contribution < -0.4 is 5.56 Å². The predicted octanol–water partition coefficient (Wildman–Crippen LogP) is 3.15. The molecule has 1 N–H and O–H groups in total. The maximum Gasteiger partial charge on any atom is 0.271 e. The zero-order chi connectivity index (χ0) is 19.6. The average molecular weight is 362 g/mol. The van der Waals surface area contributed by atoms with Crippen LogP contribution in [0.4, 0.5) is 4.39 Å². The molecule has 5 nitrogen and oxygen atoms in total. The number of hydrogen-bond donors (Lipinski definition) is 1. The Balaban J connectivity index is 2.20. The lowest BCUT2D eigenvalue weighted by Gasteiger charge is -2.15. The topological polar surface area (TPSA) is 83.1 Å². The first-order valence-corrected chi connectivity index (χ1v) is 8.14. The van der Waals surface area contributed by atoms with E-state index in [0.717, 1.165) is 4.57 Å². The van der Waals surface area contributed by atoms with E-state index in [1.807, 2.05) is 6.07 Å². The maximum atomic E-state index is 13.1. The van der Waals surface area contributed by atoms with Gasteiger partial charge in [-0.1, -0.05) is 42.5 Å². The number of rotatable bonds is 4. The monoisotopic (exact) mass is 362 g/mol. The van der Waals surface area contributed by atoms with Crippen LogP contribution in [0.25, 0.3) is 0 Å². The molecule has 1 aromatic heterocycles. The van der Waals surface area contributed by atoms with Gasteiger partial charge in [-0.15, -0.1) is 0 Å². The van der Waals surface area contributed by atoms with E-state index in [4.69, 9.17) is 0 Å². The molecule has 134 valence electrons. The van der Waals surface area contributed by atoms with Gasteiger partial charge >= 0.3 is 0 Å². The third-order valence-electron chi connectivity index (χ3n) is 4.32. The molecule has 0 saturated carbocycles. The molecule has 0 aliphatic heterocycles. The van der Waals surface area contributed by atoms with Crippen molar-refractivity contribution >= 4 is 5.78 Å². The summed E-state index contributed by atoms with van der Waals surface area (Å²) in [6.07, 6.45) is 0. The number of nitriles is 1. The van der Waals surface area contributed by atoms with Crippen molar-refractivity contribution in [2.24, 2.45) is 0 Å². The van der Waals surface area contributed by atoms with Gasteiger partial charge in [-0.25, -0.2) is 4.39 Å². The van der Waals surface area contributed by atoms with Crippen LogP contribution in [0.3, 0.4) is 0 Å². The van der Waals surface area contributed by atoms with Gasteiger partial charge in [-0.3, -0.25) is 14.2 Å². The highest BCUT2D eigenvalue weighted by Crippen LogP contribution is 2.25. The second kappa shape index (κ2) is 7.26. The normalized spacial score (nSPS) is 10.4. The molecule has 0 amide bonds. The first-order chi connectivity index (χ1) is 12.9. The van der Waals surface area contributed by atoms with E-state index in [-0.39, 0.29) is 23.2 Å². The lowest BCUT2D eigenvalue weighted by atomic mass is 9.97. The zero-order valence-electron chi connectivity index (χ0n) is 14.4. The molecular weight excluding hydrogens is 347 g/mol. The van der Waals surface area contributed by atoms with Crippen LogP contribution in [0, 0.1) is 24.1 Å². The smallest absolute Gasteiger partial charge is 0.271 e. The van der Waals surface area contributed by atoms with Gasteiger partial charge in [0.15, 0.2) is 5.78 Å². The van der Waals surface area contributed by atoms with Gasteiger partial charge in [0.25, 0.3) is 5.56 Å². The summed E-state index contributed by atoms with van der Waals surface area (Å²) in [7, 11) is 0. The number of aromatic nitrogens is 1. The van der Waals surface area contributed by atoms with Gasteiger partial charge in [0.2, 0.25) is 5.88 Å². The highest BCUT2D eigenvalue weighted by Gasteiger charge is 2.24. The van der Waals surface area contributed by atoms with Crippen LogP contribution in [0.1, 0.15) is 32.6 Å². The molecule has 0 aliphatic carbocycles. The minimum atomic E-state index is -0.707. The van der Waals surface area contributed by atoms with Crippen molar-refractivity contribution in [1.29, 1.82) is 5.26 Å². The van der Waals surface area contributed by atoms with E-state index in [9.17, 15) is 24.3 Å². The lowest BCUT2D eigenvalue weighted by Crippen LogP contribution is -2.27. The summed E-state index contributed by atoms with van der Waals surface area (Å²) < 4.78 is 14.1. The Kier molecular flexibility index (Phi) is 4.86. The Labute approximate surface area is 154 Å². The van der Waals surface area contributed by atoms with Crippen LogP contribution in [-0.4, -0.2) is 15.5 Å². The summed E-state index contributed by atoms with van der Waals surface area (Å²) in [5.74, 6) is -1.44. The van der Waals surface area contributed by atoms with Gasteiger partial charge in [0, 0.05) is 5.56 Å². The minimum absolute atomic E-state index is 0.0977. The Morgan fingerprint density at radius 3 is 2.37 bits per heavy atom. The molecule has 3 aromatic rings. The summed E-state index contributed by atoms with van der Waals surface area (Å²) in [6.45, 7) is 1.35. The molecule has 6 heteroatoms. The fourth-order valence-corrected chi connectivity index (χ4v) is 2.88. The van der Waals surface area contributed by atoms with Crippen LogP contribution in [0.5, 0.6) is 5.88 Å². The first-order valence-electron chi connectivity index (χ1n) is 8.14. The lowest BCUT2D eigenvalue weighted by molar-refractivity contribution is 0.103. The average Bonchev–Trinajstić information content (AvgIpc) is 2.67. The van der Waals surface area contributed by atoms with Crippen molar-refractivity contribution in [3.63, 3.8) is 0 Å². The molecule has 3 rings (SSSR count). The largest absolute Gasteiger partial charge is 0.494 e. The molecule has 0 unspecified atom stereocenters. The molecule has 0 radical (unpaired) electrons. The summed E-state index contributed by atoms with van der Waals surface area (Å²) in [4.78, 5) is 25.5. The highest BCUT2D eigenvalue weighted by molar-refractivity contribution is 6.11. The summed E-state index contributed by atoms with van der Waals surface area (Å²) >= 11 is 0. The van der Waals surface area contributed by atoms with Gasteiger partial charge in [0.05, 0.1) is 12.1 Å². The first kappa shape index (κ1) is 18.1. The van der Waals surface area contributed by atoms with Gasteiger partial charge in [-0.05, 0) is 30.2 Å². The van der Waals surface area contributed by atoms with E-state index in [1.54, 1.807) is 30.3 Å². The SMILES string of the molecule is Cc1c(C(=O)c2ccccc2)c(O)n(Cc2ccc(F)cc2)c(=O)c1C#N. The Hall–Kier alpha value is -3.72. The Morgan fingerprint density at radius 2 is 1.78 bits per heavy atom. The third-order valence-corrected chi connectivity index (χ3v) is 4.32. The summed E-state index contributed by atoms with van der Waals surface area (Å²) in [5.41, 5.74) is -0.0225. The standard InChI is InChI=1S/C21H15FN2O3/c1-13-17(11-23)20(26)24(12-14-7-9-16(22)10-8-14)21(27)18(13)19(25)15-5-3-2-4-6-15/h2-10,27H,12H2,1H3. The van der Waals surface area contributed by atoms with Crippen molar-refractivity contribution in [3.05, 3.63) is 98.6 Å². The van der Waals surface area contributed by atoms with Crippen LogP contribution in [-0.2, 0) is 6.54 Å². The molecule has 27 heavy (non-hydrogen) atoms. The van der Waals surface area contributed by atoms with Crippen molar-refractivity contribution in [1.82, 2.24) is 4.57 Å². The molecule has 0 bridgehead atoms. The second-order valence-electron chi connectivity index (χ2n) is 6.02. The van der Waals surface area contributed by atoms with Crippen molar-refractivity contribution in [2.45, 2.75) is 13.5 Å². The number of aromatic hydroxyl groups is 1. The van der Waals surface area contributed by atoms with E-state index in [2.05, 4.69) is 0 Å². The van der Waals surface area contributed by atoms with E-state index >= 15 is 0 Å². The highest BCUT2D eigenvalue weighted by atomic mass is 19.1. The molecule has 2 aromatic carbocycles. The Bertz CT molecular complexity index is 1110. The third kappa shape index (κ3) is 3.35. The fraction of sp³-hybridized carbons (Fsp3) is 0.0952. The molecule has 0 aliphatic rings. The summed E-state index contributed by atoms with van der Waals surface area (Å²) in [5, 5.41) is 20.1. The van der Waals surface area contributed by atoms with Crippen molar-refractivity contribution < 1.29 is 14.3 Å². The number of ketones is 1. The zero-order valence-corrected chi connectivity index (χ0v) is 14.4. The van der Waals surface area contributed by atoms with Gasteiger partial charge in [0.1, 0.15) is 17.4 Å². The number of carbonyl (C=O) groups is 1. The molecular formula is C21H15FN2O3. The van der Waals surface area contributed by atoms with E-state index in [1.165, 1.54) is 31.2 Å². The predicted molar refractivity (Wildman–Crippen MR) is 97.2 cm³/mol. The van der Waals surface area contributed by atoms with Crippen LogP contribution in [0.15, 0.2) is 59.4 Å². The molecule has 0 spiro atoms. The molecule has 0 fully saturated rings. The second-order valence-corrected chi connectivity index (χ2v) is 6.02. The molecule has 0 atom stereocenters. The molecule has 0 saturated heterocycles. The van der Waals surface area contributed by atoms with Crippen LogP contribution >= 0.6 is 0 Å². The number of hydrogen-bond acceptors (Lipinski definition) is 4. The number of nitrogens with zero attached hydrogens (tertiary/aromatic N) is 2. The quantitative estimate of drug-likeness (QED) is 0.723. The Morgan fingerprint density at radius 1 is 1.15 bits per heavy atom. The van der Waals surface area contributed by atoms with Gasteiger partial charge < -0.3 is 5.11 Å². The number of carbonyl (C=O) groups excluding carboxylic acids is 1. The van der Waals surface area contributed by atoms with Crippen molar-refractivity contribution in [3.8, 4) is 11.9 Å². The summed E-state index contributed by atoms with van der Waals surface area (Å²) in [6, 6.07) is 15.5.